The quantitative estimate of drug-likeness (QED) is 0.598. The first-order valence-electron chi connectivity index (χ1n) is 7.00. The molecule has 0 amide bonds. The average Bonchev–Trinajstić information content (AvgIpc) is 2.53. The van der Waals surface area contributed by atoms with Crippen LogP contribution in [0.4, 0.5) is 11.4 Å². The lowest BCUT2D eigenvalue weighted by Crippen LogP contribution is -2.18. The fourth-order valence-corrected chi connectivity index (χ4v) is 3.34. The summed E-state index contributed by atoms with van der Waals surface area (Å²) in [4.78, 5) is 9.97. The summed E-state index contributed by atoms with van der Waals surface area (Å²) in [6.45, 7) is 3.18. The molecular formula is C15H17N3O4S. The van der Waals surface area contributed by atoms with Crippen molar-refractivity contribution in [1.82, 2.24) is 5.32 Å². The fraction of sp³-hybridized carbons (Fsp3) is 0.200. The predicted octanol–water partition coefficient (Wildman–Crippen LogP) is 2.51. The number of para-hydroxylation sites is 2. The number of hydrogen-bond donors (Lipinski definition) is 2. The highest BCUT2D eigenvalue weighted by Crippen LogP contribution is 2.26. The molecule has 7 nitrogen and oxygen atoms in total. The number of rotatable bonds is 7. The van der Waals surface area contributed by atoms with Crippen molar-refractivity contribution in [2.75, 3.05) is 11.3 Å². The van der Waals surface area contributed by atoms with Crippen LogP contribution in [0.5, 0.6) is 0 Å². The Morgan fingerprint density at radius 3 is 2.43 bits per heavy atom. The van der Waals surface area contributed by atoms with Crippen LogP contribution in [0.3, 0.4) is 0 Å². The van der Waals surface area contributed by atoms with Crippen molar-refractivity contribution in [3.8, 4) is 0 Å². The van der Waals surface area contributed by atoms with Crippen molar-refractivity contribution in [3.05, 3.63) is 64.2 Å². The highest BCUT2D eigenvalue weighted by atomic mass is 32.2. The van der Waals surface area contributed by atoms with Crippen molar-refractivity contribution in [2.45, 2.75) is 18.4 Å². The molecule has 0 aliphatic carbocycles. The maximum Gasteiger partial charge on any atom is 0.289 e. The van der Waals surface area contributed by atoms with Crippen molar-refractivity contribution < 1.29 is 13.3 Å². The Kier molecular flexibility index (Phi) is 5.30. The largest absolute Gasteiger partial charge is 0.313 e. The number of hydrogen-bond acceptors (Lipinski definition) is 5. The third-order valence-electron chi connectivity index (χ3n) is 3.18. The first kappa shape index (κ1) is 16.9. The van der Waals surface area contributed by atoms with Crippen molar-refractivity contribution in [2.24, 2.45) is 0 Å². The van der Waals surface area contributed by atoms with Gasteiger partial charge in [-0.05, 0) is 24.2 Å². The Labute approximate surface area is 134 Å². The van der Waals surface area contributed by atoms with E-state index in [0.717, 1.165) is 12.1 Å². The summed E-state index contributed by atoms with van der Waals surface area (Å²) in [7, 11) is -4.06. The van der Waals surface area contributed by atoms with Crippen LogP contribution in [0, 0.1) is 10.1 Å². The molecular weight excluding hydrogens is 318 g/mol. The van der Waals surface area contributed by atoms with Gasteiger partial charge >= 0.3 is 0 Å². The van der Waals surface area contributed by atoms with Crippen molar-refractivity contribution in [1.29, 1.82) is 0 Å². The van der Waals surface area contributed by atoms with Gasteiger partial charge in [-0.15, -0.1) is 0 Å². The van der Waals surface area contributed by atoms with E-state index in [9.17, 15) is 18.5 Å². The van der Waals surface area contributed by atoms with Gasteiger partial charge in [-0.3, -0.25) is 14.8 Å². The van der Waals surface area contributed by atoms with E-state index in [4.69, 9.17) is 0 Å². The number of benzene rings is 2. The molecule has 2 N–H and O–H groups in total. The van der Waals surface area contributed by atoms with Gasteiger partial charge in [0.05, 0.1) is 10.6 Å². The number of anilines is 1. The maximum absolute atomic E-state index is 12.5. The summed E-state index contributed by atoms with van der Waals surface area (Å²) >= 11 is 0. The molecule has 0 bridgehead atoms. The summed E-state index contributed by atoms with van der Waals surface area (Å²) in [6, 6.07) is 12.2. The normalized spacial score (nSPS) is 11.2. The molecule has 2 rings (SSSR count). The molecule has 0 radical (unpaired) electrons. The van der Waals surface area contributed by atoms with Gasteiger partial charge in [0.25, 0.3) is 15.7 Å². The first-order chi connectivity index (χ1) is 11.0. The third-order valence-corrected chi connectivity index (χ3v) is 4.59. The fourth-order valence-electron chi connectivity index (χ4n) is 2.07. The highest BCUT2D eigenvalue weighted by molar-refractivity contribution is 7.92. The van der Waals surface area contributed by atoms with E-state index >= 15 is 0 Å². The molecule has 0 aromatic heterocycles. The lowest BCUT2D eigenvalue weighted by molar-refractivity contribution is -0.387. The molecule has 0 aliphatic rings. The van der Waals surface area contributed by atoms with E-state index in [1.54, 1.807) is 24.3 Å². The van der Waals surface area contributed by atoms with Crippen molar-refractivity contribution in [3.63, 3.8) is 0 Å². The van der Waals surface area contributed by atoms with Gasteiger partial charge in [-0.25, -0.2) is 8.42 Å². The lowest BCUT2D eigenvalue weighted by atomic mass is 10.2. The minimum absolute atomic E-state index is 0.358. The Morgan fingerprint density at radius 2 is 1.74 bits per heavy atom. The van der Waals surface area contributed by atoms with Crippen LogP contribution in [0.2, 0.25) is 0 Å². The highest BCUT2D eigenvalue weighted by Gasteiger charge is 2.25. The summed E-state index contributed by atoms with van der Waals surface area (Å²) < 4.78 is 27.5. The molecule has 0 atom stereocenters. The summed E-state index contributed by atoms with van der Waals surface area (Å²) in [5.74, 6) is 0. The Balaban J connectivity index is 2.38. The summed E-state index contributed by atoms with van der Waals surface area (Å²) in [5.41, 5.74) is 0.701. The summed E-state index contributed by atoms with van der Waals surface area (Å²) in [6.07, 6.45) is 0. The lowest BCUT2D eigenvalue weighted by Gasteiger charge is -2.13. The topological polar surface area (TPSA) is 101 Å². The van der Waals surface area contributed by atoms with Crippen LogP contribution < -0.4 is 10.0 Å². The second-order valence-corrected chi connectivity index (χ2v) is 6.42. The van der Waals surface area contributed by atoms with Gasteiger partial charge in [0.2, 0.25) is 0 Å². The van der Waals surface area contributed by atoms with Gasteiger partial charge in [-0.2, -0.15) is 0 Å². The molecule has 0 saturated heterocycles. The molecule has 0 spiro atoms. The average molecular weight is 335 g/mol. The van der Waals surface area contributed by atoms with Gasteiger partial charge < -0.3 is 5.32 Å². The minimum atomic E-state index is -4.06. The minimum Gasteiger partial charge on any atom is -0.313 e. The molecule has 0 aliphatic heterocycles. The number of nitro groups is 1. The molecule has 122 valence electrons. The van der Waals surface area contributed by atoms with Gasteiger partial charge in [0.1, 0.15) is 0 Å². The van der Waals surface area contributed by atoms with Crippen LogP contribution in [0.15, 0.2) is 53.4 Å². The molecule has 23 heavy (non-hydrogen) atoms. The molecule has 0 saturated carbocycles. The smallest absolute Gasteiger partial charge is 0.289 e. The van der Waals surface area contributed by atoms with Gasteiger partial charge in [0.15, 0.2) is 4.90 Å². The van der Waals surface area contributed by atoms with E-state index in [0.29, 0.717) is 12.2 Å². The van der Waals surface area contributed by atoms with Gasteiger partial charge in [0, 0.05) is 12.6 Å². The summed E-state index contributed by atoms with van der Waals surface area (Å²) in [5, 5.41) is 14.1. The number of nitrogens with one attached hydrogen (secondary N) is 2. The molecule has 0 unspecified atom stereocenters. The molecule has 8 heteroatoms. The maximum atomic E-state index is 12.5. The molecule has 0 fully saturated rings. The molecule has 2 aromatic rings. The molecule has 2 aromatic carbocycles. The Morgan fingerprint density at radius 1 is 1.09 bits per heavy atom. The Hall–Kier alpha value is -2.45. The number of nitro benzene ring substituents is 1. The monoisotopic (exact) mass is 335 g/mol. The Bertz CT molecular complexity index is 806. The van der Waals surface area contributed by atoms with E-state index in [1.807, 2.05) is 6.92 Å². The number of sulfonamides is 1. The third kappa shape index (κ3) is 4.05. The van der Waals surface area contributed by atoms with Gasteiger partial charge in [-0.1, -0.05) is 37.3 Å². The SMILES string of the molecule is CCNCc1ccccc1NS(=O)(=O)c1ccccc1[N+](=O)[O-]. The van der Waals surface area contributed by atoms with Crippen LogP contribution in [-0.4, -0.2) is 19.9 Å². The van der Waals surface area contributed by atoms with Crippen LogP contribution in [0.25, 0.3) is 0 Å². The predicted molar refractivity (Wildman–Crippen MR) is 87.7 cm³/mol. The van der Waals surface area contributed by atoms with Crippen LogP contribution in [-0.2, 0) is 16.6 Å². The molecule has 0 heterocycles. The second kappa shape index (κ2) is 7.21. The van der Waals surface area contributed by atoms with E-state index in [2.05, 4.69) is 10.0 Å². The van der Waals surface area contributed by atoms with Crippen LogP contribution in [0.1, 0.15) is 12.5 Å². The van der Waals surface area contributed by atoms with E-state index in [-0.39, 0.29) is 4.90 Å². The second-order valence-electron chi connectivity index (χ2n) is 4.77. The van der Waals surface area contributed by atoms with E-state index < -0.39 is 20.6 Å². The first-order valence-corrected chi connectivity index (χ1v) is 8.49. The zero-order valence-corrected chi connectivity index (χ0v) is 13.3. The zero-order valence-electron chi connectivity index (χ0n) is 12.5. The standard InChI is InChI=1S/C15H17N3O4S/c1-2-16-11-12-7-3-4-8-13(12)17-23(21,22)15-10-6-5-9-14(15)18(19)20/h3-10,16-17H,2,11H2,1H3. The van der Waals surface area contributed by atoms with Crippen molar-refractivity contribution >= 4 is 21.4 Å². The zero-order chi connectivity index (χ0) is 16.9. The van der Waals surface area contributed by atoms with E-state index in [1.165, 1.54) is 24.3 Å². The van der Waals surface area contributed by atoms with Crippen LogP contribution >= 0.6 is 0 Å². The number of nitrogens with zero attached hydrogens (tertiary/aromatic N) is 1.